The van der Waals surface area contributed by atoms with Crippen LogP contribution in [0.3, 0.4) is 0 Å². The van der Waals surface area contributed by atoms with Crippen LogP contribution in [0.25, 0.3) is 0 Å². The van der Waals surface area contributed by atoms with Crippen LogP contribution in [0.1, 0.15) is 23.8 Å². The molecule has 1 saturated heterocycles. The van der Waals surface area contributed by atoms with E-state index < -0.39 is 0 Å². The first-order chi connectivity index (χ1) is 8.41. The maximum absolute atomic E-state index is 12.3. The second-order valence-corrected chi connectivity index (χ2v) is 5.58. The number of nitrogens with zero attached hydrogens (tertiary/aromatic N) is 2. The Morgan fingerprint density at radius 2 is 2.17 bits per heavy atom. The van der Waals surface area contributed by atoms with Gasteiger partial charge in [0.15, 0.2) is 0 Å². The predicted molar refractivity (Wildman–Crippen MR) is 71.1 cm³/mol. The van der Waals surface area contributed by atoms with Gasteiger partial charge in [-0.25, -0.2) is 0 Å². The standard InChI is InChI=1S/C12H16Cl2N2O2/c1-7-6-16(4-3-10(7)17)12(18)9-5-8(13)11(14)15(9)2/h5,7,10,17H,3-4,6H2,1-2H3. The Balaban J connectivity index is 2.19. The first-order valence-corrected chi connectivity index (χ1v) is 6.65. The molecule has 18 heavy (non-hydrogen) atoms. The minimum absolute atomic E-state index is 0.0916. The Morgan fingerprint density at radius 1 is 1.50 bits per heavy atom. The molecule has 2 unspecified atom stereocenters. The maximum Gasteiger partial charge on any atom is 0.270 e. The summed E-state index contributed by atoms with van der Waals surface area (Å²) in [5.41, 5.74) is 0.480. The van der Waals surface area contributed by atoms with Crippen molar-refractivity contribution in [2.24, 2.45) is 13.0 Å². The van der Waals surface area contributed by atoms with Crippen molar-refractivity contribution >= 4 is 29.1 Å². The van der Waals surface area contributed by atoms with Crippen LogP contribution < -0.4 is 0 Å². The van der Waals surface area contributed by atoms with E-state index in [1.165, 1.54) is 0 Å². The van der Waals surface area contributed by atoms with Crippen molar-refractivity contribution in [1.82, 2.24) is 9.47 Å². The van der Waals surface area contributed by atoms with E-state index >= 15 is 0 Å². The molecule has 1 N–H and O–H groups in total. The summed E-state index contributed by atoms with van der Waals surface area (Å²) in [5, 5.41) is 10.4. The highest BCUT2D eigenvalue weighted by Gasteiger charge is 2.29. The average Bonchev–Trinajstić information content (AvgIpc) is 2.60. The van der Waals surface area contributed by atoms with Gasteiger partial charge < -0.3 is 14.6 Å². The molecule has 1 amide bonds. The van der Waals surface area contributed by atoms with Gasteiger partial charge in [0.25, 0.3) is 5.91 Å². The number of halogens is 2. The van der Waals surface area contributed by atoms with Crippen LogP contribution >= 0.6 is 23.2 Å². The van der Waals surface area contributed by atoms with Crippen LogP contribution in [0.4, 0.5) is 0 Å². The lowest BCUT2D eigenvalue weighted by atomic mass is 9.96. The molecule has 0 saturated carbocycles. The van der Waals surface area contributed by atoms with Crippen molar-refractivity contribution < 1.29 is 9.90 Å². The molecule has 0 aromatic carbocycles. The Hall–Kier alpha value is -0.710. The number of rotatable bonds is 1. The quantitative estimate of drug-likeness (QED) is 0.862. The van der Waals surface area contributed by atoms with E-state index in [9.17, 15) is 9.90 Å². The topological polar surface area (TPSA) is 45.5 Å². The van der Waals surface area contributed by atoms with Gasteiger partial charge in [0.2, 0.25) is 0 Å². The Labute approximate surface area is 116 Å². The van der Waals surface area contributed by atoms with E-state index in [0.29, 0.717) is 35.4 Å². The fourth-order valence-electron chi connectivity index (χ4n) is 2.23. The van der Waals surface area contributed by atoms with Gasteiger partial charge in [0.05, 0.1) is 11.1 Å². The van der Waals surface area contributed by atoms with Crippen molar-refractivity contribution in [2.75, 3.05) is 13.1 Å². The largest absolute Gasteiger partial charge is 0.393 e. The molecule has 0 radical (unpaired) electrons. The molecule has 2 heterocycles. The lowest BCUT2D eigenvalue weighted by Crippen LogP contribution is -2.45. The first-order valence-electron chi connectivity index (χ1n) is 5.90. The van der Waals surface area contributed by atoms with Gasteiger partial charge >= 0.3 is 0 Å². The normalized spacial score (nSPS) is 24.4. The highest BCUT2D eigenvalue weighted by Crippen LogP contribution is 2.27. The number of amides is 1. The van der Waals surface area contributed by atoms with Crippen molar-refractivity contribution in [3.8, 4) is 0 Å². The smallest absolute Gasteiger partial charge is 0.270 e. The van der Waals surface area contributed by atoms with E-state index in [1.807, 2.05) is 6.92 Å². The highest BCUT2D eigenvalue weighted by molar-refractivity contribution is 6.41. The summed E-state index contributed by atoms with van der Waals surface area (Å²) in [4.78, 5) is 14.1. The number of aliphatic hydroxyl groups is 1. The second-order valence-electron chi connectivity index (χ2n) is 4.81. The number of carbonyl (C=O) groups excluding carboxylic acids is 1. The minimum Gasteiger partial charge on any atom is -0.393 e. The summed E-state index contributed by atoms with van der Waals surface area (Å²) in [6.45, 7) is 3.06. The number of hydrogen-bond donors (Lipinski definition) is 1. The summed E-state index contributed by atoms with van der Waals surface area (Å²) < 4.78 is 1.59. The minimum atomic E-state index is -0.324. The van der Waals surface area contributed by atoms with E-state index in [4.69, 9.17) is 23.2 Å². The van der Waals surface area contributed by atoms with Gasteiger partial charge in [0, 0.05) is 20.1 Å². The van der Waals surface area contributed by atoms with Crippen molar-refractivity contribution in [1.29, 1.82) is 0 Å². The summed E-state index contributed by atoms with van der Waals surface area (Å²) >= 11 is 11.9. The molecular formula is C12H16Cl2N2O2. The molecule has 1 aliphatic rings. The molecule has 2 atom stereocenters. The van der Waals surface area contributed by atoms with Gasteiger partial charge in [0.1, 0.15) is 10.8 Å². The summed E-state index contributed by atoms with van der Waals surface area (Å²) in [6, 6.07) is 1.59. The van der Waals surface area contributed by atoms with E-state index in [2.05, 4.69) is 0 Å². The molecule has 100 valence electrons. The highest BCUT2D eigenvalue weighted by atomic mass is 35.5. The Bertz CT molecular complexity index is 473. The number of piperidine rings is 1. The molecule has 0 spiro atoms. The van der Waals surface area contributed by atoms with E-state index in [0.717, 1.165) is 0 Å². The van der Waals surface area contributed by atoms with Crippen molar-refractivity contribution in [3.05, 3.63) is 21.9 Å². The molecule has 0 aliphatic carbocycles. The van der Waals surface area contributed by atoms with Crippen LogP contribution in [0.15, 0.2) is 6.07 Å². The SMILES string of the molecule is CC1CN(C(=O)c2cc(Cl)c(Cl)n2C)CCC1O. The lowest BCUT2D eigenvalue weighted by molar-refractivity contribution is 0.0292. The Kier molecular flexibility index (Phi) is 3.90. The molecule has 1 aliphatic heterocycles. The zero-order chi connectivity index (χ0) is 13.4. The number of carbonyl (C=O) groups is 1. The average molecular weight is 291 g/mol. The van der Waals surface area contributed by atoms with Crippen molar-refractivity contribution in [2.45, 2.75) is 19.4 Å². The molecule has 1 aromatic rings. The fraction of sp³-hybridized carbons (Fsp3) is 0.583. The predicted octanol–water partition coefficient (Wildman–Crippen LogP) is 2.17. The summed E-state index contributed by atoms with van der Waals surface area (Å²) in [7, 11) is 1.71. The third-order valence-electron chi connectivity index (χ3n) is 3.48. The molecule has 1 aromatic heterocycles. The molecular weight excluding hydrogens is 275 g/mol. The maximum atomic E-state index is 12.3. The van der Waals surface area contributed by atoms with Gasteiger partial charge in [-0.1, -0.05) is 30.1 Å². The molecule has 4 nitrogen and oxygen atoms in total. The monoisotopic (exact) mass is 290 g/mol. The first kappa shape index (κ1) is 13.7. The van der Waals surface area contributed by atoms with Crippen LogP contribution in [-0.4, -0.2) is 39.7 Å². The van der Waals surface area contributed by atoms with Crippen LogP contribution in [0, 0.1) is 5.92 Å². The third-order valence-corrected chi connectivity index (χ3v) is 4.32. The van der Waals surface area contributed by atoms with Gasteiger partial charge in [-0.15, -0.1) is 0 Å². The third kappa shape index (κ3) is 2.37. The molecule has 6 heteroatoms. The summed E-state index contributed by atoms with van der Waals surface area (Å²) in [6.07, 6.45) is 0.286. The van der Waals surface area contributed by atoms with Crippen molar-refractivity contribution in [3.63, 3.8) is 0 Å². The van der Waals surface area contributed by atoms with Gasteiger partial charge in [-0.2, -0.15) is 0 Å². The second kappa shape index (κ2) is 5.11. The number of likely N-dealkylation sites (tertiary alicyclic amines) is 1. The van der Waals surface area contributed by atoms with Crippen LogP contribution in [-0.2, 0) is 7.05 Å². The van der Waals surface area contributed by atoms with Gasteiger partial charge in [-0.05, 0) is 18.4 Å². The number of aromatic nitrogens is 1. The van der Waals surface area contributed by atoms with E-state index in [-0.39, 0.29) is 17.9 Å². The lowest BCUT2D eigenvalue weighted by Gasteiger charge is -2.34. The summed E-state index contributed by atoms with van der Waals surface area (Å²) in [5.74, 6) is -0.000961. The fourth-order valence-corrected chi connectivity index (χ4v) is 2.60. The Morgan fingerprint density at radius 3 is 2.67 bits per heavy atom. The van der Waals surface area contributed by atoms with Crippen LogP contribution in [0.5, 0.6) is 0 Å². The number of aliphatic hydroxyl groups excluding tert-OH is 1. The zero-order valence-corrected chi connectivity index (χ0v) is 11.9. The number of hydrogen-bond acceptors (Lipinski definition) is 2. The molecule has 2 rings (SSSR count). The molecule has 1 fully saturated rings. The molecule has 0 bridgehead atoms. The zero-order valence-electron chi connectivity index (χ0n) is 10.4. The van der Waals surface area contributed by atoms with E-state index in [1.54, 1.807) is 22.6 Å². The van der Waals surface area contributed by atoms with Gasteiger partial charge in [-0.3, -0.25) is 4.79 Å². The van der Waals surface area contributed by atoms with Crippen LogP contribution in [0.2, 0.25) is 10.2 Å².